The molecule has 1 aliphatic rings. The van der Waals surface area contributed by atoms with Crippen molar-refractivity contribution in [1.29, 1.82) is 0 Å². The summed E-state index contributed by atoms with van der Waals surface area (Å²) in [4.78, 5) is 11.5. The largest absolute Gasteiger partial charge is 0.325 e. The van der Waals surface area contributed by atoms with Gasteiger partial charge in [0.25, 0.3) is 0 Å². The van der Waals surface area contributed by atoms with E-state index in [-0.39, 0.29) is 5.91 Å². The minimum absolute atomic E-state index is 0.0307. The summed E-state index contributed by atoms with van der Waals surface area (Å²) in [6.07, 6.45) is 2.41. The molecule has 1 aliphatic carbocycles. The van der Waals surface area contributed by atoms with Gasteiger partial charge in [0.2, 0.25) is 5.91 Å². The zero-order chi connectivity index (χ0) is 10.7. The van der Waals surface area contributed by atoms with Crippen LogP contribution in [0.2, 0.25) is 0 Å². The number of hydrogen-bond donors (Lipinski definition) is 2. The summed E-state index contributed by atoms with van der Waals surface area (Å²) in [6, 6.07) is 8.36. The molecule has 1 aromatic rings. The summed E-state index contributed by atoms with van der Waals surface area (Å²) in [5, 5.41) is 6.02. The lowest BCUT2D eigenvalue weighted by Gasteiger charge is -2.05. The van der Waals surface area contributed by atoms with Gasteiger partial charge in [-0.15, -0.1) is 0 Å². The van der Waals surface area contributed by atoms with Crippen LogP contribution in [-0.4, -0.2) is 18.5 Å². The molecule has 4 heteroatoms. The number of hydrogen-bond acceptors (Lipinski definition) is 2. The second-order valence-electron chi connectivity index (χ2n) is 3.71. The number of amides is 1. The Hall–Kier alpha value is -0.620. The highest BCUT2D eigenvalue weighted by Crippen LogP contribution is 2.18. The third-order valence-corrected chi connectivity index (χ3v) is 2.98. The first-order valence-corrected chi connectivity index (χ1v) is 6.11. The summed E-state index contributed by atoms with van der Waals surface area (Å²) >= 11 is 2.24. The molecule has 15 heavy (non-hydrogen) atoms. The van der Waals surface area contributed by atoms with E-state index in [1.807, 2.05) is 24.3 Å². The van der Waals surface area contributed by atoms with Gasteiger partial charge in [0.15, 0.2) is 0 Å². The fraction of sp³-hybridized carbons (Fsp3) is 0.364. The molecule has 1 aromatic carbocycles. The molecule has 0 aliphatic heterocycles. The highest BCUT2D eigenvalue weighted by molar-refractivity contribution is 14.1. The molecule has 0 heterocycles. The van der Waals surface area contributed by atoms with Crippen molar-refractivity contribution < 1.29 is 4.79 Å². The molecule has 0 aromatic heterocycles. The van der Waals surface area contributed by atoms with Gasteiger partial charge >= 0.3 is 0 Å². The summed E-state index contributed by atoms with van der Waals surface area (Å²) in [7, 11) is 0. The molecule has 0 saturated heterocycles. The fourth-order valence-corrected chi connectivity index (χ4v) is 1.62. The number of benzene rings is 1. The van der Waals surface area contributed by atoms with Gasteiger partial charge in [0.1, 0.15) is 0 Å². The molecule has 80 valence electrons. The highest BCUT2D eigenvalue weighted by Gasteiger charge is 2.20. The van der Waals surface area contributed by atoms with Crippen molar-refractivity contribution in [2.45, 2.75) is 18.9 Å². The Balaban J connectivity index is 1.79. The first-order chi connectivity index (χ1) is 7.24. The quantitative estimate of drug-likeness (QED) is 0.834. The first kappa shape index (κ1) is 10.9. The molecule has 0 radical (unpaired) electrons. The van der Waals surface area contributed by atoms with Gasteiger partial charge in [-0.2, -0.15) is 0 Å². The van der Waals surface area contributed by atoms with Gasteiger partial charge in [0, 0.05) is 15.3 Å². The normalized spacial score (nSPS) is 15.0. The molecule has 0 unspecified atom stereocenters. The smallest absolute Gasteiger partial charge is 0.238 e. The Bertz CT molecular complexity index is 346. The van der Waals surface area contributed by atoms with Crippen LogP contribution in [0.1, 0.15) is 12.8 Å². The lowest BCUT2D eigenvalue weighted by Crippen LogP contribution is -2.29. The van der Waals surface area contributed by atoms with Crippen molar-refractivity contribution >= 4 is 34.2 Å². The molecule has 0 bridgehead atoms. The van der Waals surface area contributed by atoms with Crippen molar-refractivity contribution in [3.05, 3.63) is 27.8 Å². The first-order valence-electron chi connectivity index (χ1n) is 5.03. The van der Waals surface area contributed by atoms with Gasteiger partial charge in [-0.1, -0.05) is 0 Å². The molecule has 3 nitrogen and oxygen atoms in total. The van der Waals surface area contributed by atoms with E-state index >= 15 is 0 Å². The Kier molecular flexibility index (Phi) is 3.58. The van der Waals surface area contributed by atoms with E-state index < -0.39 is 0 Å². The zero-order valence-corrected chi connectivity index (χ0v) is 10.5. The standard InChI is InChI=1S/C11H13IN2O/c12-8-1-3-10(4-2-8)14-11(15)7-13-9-5-6-9/h1-4,9,13H,5-7H2,(H,14,15). The number of halogens is 1. The van der Waals surface area contributed by atoms with Crippen LogP contribution >= 0.6 is 22.6 Å². The number of anilines is 1. The van der Waals surface area contributed by atoms with E-state index in [4.69, 9.17) is 0 Å². The van der Waals surface area contributed by atoms with Gasteiger partial charge in [-0.3, -0.25) is 4.79 Å². The maximum Gasteiger partial charge on any atom is 0.238 e. The number of carbonyl (C=O) groups is 1. The number of nitrogens with one attached hydrogen (secondary N) is 2. The molecule has 1 saturated carbocycles. The van der Waals surface area contributed by atoms with Crippen LogP contribution < -0.4 is 10.6 Å². The molecule has 2 rings (SSSR count). The van der Waals surface area contributed by atoms with Crippen LogP contribution in [0.5, 0.6) is 0 Å². The van der Waals surface area contributed by atoms with E-state index in [9.17, 15) is 4.79 Å². The third kappa shape index (κ3) is 3.79. The van der Waals surface area contributed by atoms with Crippen LogP contribution in [-0.2, 0) is 4.79 Å². The molecule has 0 spiro atoms. The van der Waals surface area contributed by atoms with Crippen molar-refractivity contribution in [2.75, 3.05) is 11.9 Å². The van der Waals surface area contributed by atoms with Crippen LogP contribution in [0.25, 0.3) is 0 Å². The van der Waals surface area contributed by atoms with E-state index in [1.54, 1.807) is 0 Å². The topological polar surface area (TPSA) is 41.1 Å². The maximum atomic E-state index is 11.5. The molecular formula is C11H13IN2O. The second-order valence-corrected chi connectivity index (χ2v) is 4.96. The molecular weight excluding hydrogens is 303 g/mol. The SMILES string of the molecule is O=C(CNC1CC1)Nc1ccc(I)cc1. The molecule has 1 amide bonds. The van der Waals surface area contributed by atoms with E-state index in [0.717, 1.165) is 5.69 Å². The summed E-state index contributed by atoms with van der Waals surface area (Å²) in [5.41, 5.74) is 0.859. The Morgan fingerprint density at radius 3 is 2.60 bits per heavy atom. The number of carbonyl (C=O) groups excluding carboxylic acids is 1. The predicted octanol–water partition coefficient (Wildman–Crippen LogP) is 1.98. The second kappa shape index (κ2) is 4.94. The van der Waals surface area contributed by atoms with Gasteiger partial charge in [0.05, 0.1) is 6.54 Å². The average molecular weight is 316 g/mol. The monoisotopic (exact) mass is 316 g/mol. The highest BCUT2D eigenvalue weighted by atomic mass is 127. The maximum absolute atomic E-state index is 11.5. The van der Waals surface area contributed by atoms with Crippen LogP contribution in [0.15, 0.2) is 24.3 Å². The summed E-state index contributed by atoms with van der Waals surface area (Å²) < 4.78 is 1.17. The van der Waals surface area contributed by atoms with Gasteiger partial charge in [-0.25, -0.2) is 0 Å². The predicted molar refractivity (Wildman–Crippen MR) is 68.8 cm³/mol. The zero-order valence-electron chi connectivity index (χ0n) is 8.29. The Labute approximate surface area is 103 Å². The fourth-order valence-electron chi connectivity index (χ4n) is 1.26. The van der Waals surface area contributed by atoms with Crippen LogP contribution in [0, 0.1) is 3.57 Å². The van der Waals surface area contributed by atoms with Crippen molar-refractivity contribution in [3.63, 3.8) is 0 Å². The minimum Gasteiger partial charge on any atom is -0.325 e. The van der Waals surface area contributed by atoms with Crippen LogP contribution in [0.3, 0.4) is 0 Å². The summed E-state index contributed by atoms with van der Waals surface area (Å²) in [5.74, 6) is 0.0307. The Morgan fingerprint density at radius 2 is 2.00 bits per heavy atom. The third-order valence-electron chi connectivity index (χ3n) is 2.26. The van der Waals surface area contributed by atoms with Gasteiger partial charge < -0.3 is 10.6 Å². The number of rotatable bonds is 4. The minimum atomic E-state index is 0.0307. The lowest BCUT2D eigenvalue weighted by molar-refractivity contribution is -0.115. The molecule has 0 atom stereocenters. The van der Waals surface area contributed by atoms with Crippen molar-refractivity contribution in [1.82, 2.24) is 5.32 Å². The van der Waals surface area contributed by atoms with Crippen molar-refractivity contribution in [3.8, 4) is 0 Å². The van der Waals surface area contributed by atoms with Crippen molar-refractivity contribution in [2.24, 2.45) is 0 Å². The molecule has 1 fully saturated rings. The Morgan fingerprint density at radius 1 is 1.33 bits per heavy atom. The average Bonchev–Trinajstić information content (AvgIpc) is 3.02. The summed E-state index contributed by atoms with van der Waals surface area (Å²) in [6.45, 7) is 0.413. The van der Waals surface area contributed by atoms with E-state index in [2.05, 4.69) is 33.2 Å². The van der Waals surface area contributed by atoms with Gasteiger partial charge in [-0.05, 0) is 59.7 Å². The van der Waals surface area contributed by atoms with Crippen LogP contribution in [0.4, 0.5) is 5.69 Å². The molecule has 2 N–H and O–H groups in total. The van der Waals surface area contributed by atoms with E-state index in [0.29, 0.717) is 12.6 Å². The van der Waals surface area contributed by atoms with E-state index in [1.165, 1.54) is 16.4 Å². The lowest BCUT2D eigenvalue weighted by atomic mass is 10.3.